The quantitative estimate of drug-likeness (QED) is 0.624. The molecule has 96 valence electrons. The number of rotatable bonds is 1. The number of aromatic nitrogens is 2. The van der Waals surface area contributed by atoms with Crippen LogP contribution in [0.15, 0.2) is 16.7 Å². The highest BCUT2D eigenvalue weighted by Crippen LogP contribution is 2.40. The fraction of sp³-hybridized carbons (Fsp3) is 0.286. The van der Waals surface area contributed by atoms with Gasteiger partial charge in [-0.3, -0.25) is 0 Å². The van der Waals surface area contributed by atoms with Gasteiger partial charge in [0.25, 0.3) is 0 Å². The molecular weight excluding hydrogens is 280 g/mol. The molecule has 3 nitrogen and oxygen atoms in total. The molecule has 5 heteroatoms. The van der Waals surface area contributed by atoms with Gasteiger partial charge in [-0.2, -0.15) is 0 Å². The lowest BCUT2D eigenvalue weighted by atomic mass is 10.2. The topological polar surface area (TPSA) is 38.9 Å². The lowest BCUT2D eigenvalue weighted by Gasteiger charge is -2.01. The van der Waals surface area contributed by atoms with Crippen LogP contribution in [-0.4, -0.2) is 9.97 Å². The van der Waals surface area contributed by atoms with E-state index in [0.717, 1.165) is 28.6 Å². The highest BCUT2D eigenvalue weighted by Gasteiger charge is 2.22. The highest BCUT2D eigenvalue weighted by molar-refractivity contribution is 7.19. The molecule has 0 unspecified atom stereocenters. The molecule has 0 N–H and O–H groups in total. The van der Waals surface area contributed by atoms with E-state index in [0.29, 0.717) is 16.7 Å². The van der Waals surface area contributed by atoms with E-state index in [9.17, 15) is 0 Å². The Morgan fingerprint density at radius 1 is 1.32 bits per heavy atom. The summed E-state index contributed by atoms with van der Waals surface area (Å²) in [6, 6.07) is 1.91. The zero-order chi connectivity index (χ0) is 13.0. The van der Waals surface area contributed by atoms with E-state index in [1.54, 1.807) is 17.6 Å². The van der Waals surface area contributed by atoms with Gasteiger partial charge in [-0.15, -0.1) is 11.3 Å². The molecule has 0 saturated carbocycles. The maximum Gasteiger partial charge on any atom is 0.198 e. The average molecular weight is 291 g/mol. The maximum absolute atomic E-state index is 6.37. The summed E-state index contributed by atoms with van der Waals surface area (Å²) in [5, 5.41) is 1.60. The Balaban J connectivity index is 1.99. The molecule has 3 aromatic heterocycles. The van der Waals surface area contributed by atoms with Gasteiger partial charge in [-0.25, -0.2) is 9.97 Å². The molecule has 0 fully saturated rings. The molecule has 0 aliphatic heterocycles. The monoisotopic (exact) mass is 290 g/mol. The smallest absolute Gasteiger partial charge is 0.198 e. The summed E-state index contributed by atoms with van der Waals surface area (Å²) in [7, 11) is 0. The van der Waals surface area contributed by atoms with Crippen molar-refractivity contribution in [3.05, 3.63) is 33.5 Å². The third kappa shape index (κ3) is 1.63. The second kappa shape index (κ2) is 4.05. The molecule has 0 radical (unpaired) electrons. The van der Waals surface area contributed by atoms with Crippen molar-refractivity contribution in [2.75, 3.05) is 0 Å². The Kier molecular flexibility index (Phi) is 2.44. The van der Waals surface area contributed by atoms with Crippen LogP contribution in [0.25, 0.3) is 21.8 Å². The Labute approximate surface area is 119 Å². The Hall–Kier alpha value is -1.39. The summed E-state index contributed by atoms with van der Waals surface area (Å²) in [5.74, 6) is 1.29. The van der Waals surface area contributed by atoms with Crippen LogP contribution in [0.3, 0.4) is 0 Å². The van der Waals surface area contributed by atoms with Gasteiger partial charge in [0.2, 0.25) is 0 Å². The molecule has 1 aliphatic rings. The maximum atomic E-state index is 6.37. The summed E-state index contributed by atoms with van der Waals surface area (Å²) < 4.78 is 5.45. The van der Waals surface area contributed by atoms with Crippen molar-refractivity contribution < 1.29 is 4.42 Å². The van der Waals surface area contributed by atoms with Crippen molar-refractivity contribution in [1.82, 2.24) is 9.97 Å². The van der Waals surface area contributed by atoms with Gasteiger partial charge in [-0.1, -0.05) is 11.6 Å². The molecule has 1 aliphatic carbocycles. The van der Waals surface area contributed by atoms with Crippen molar-refractivity contribution in [3.8, 4) is 11.6 Å². The van der Waals surface area contributed by atoms with Crippen LogP contribution in [0.2, 0.25) is 5.15 Å². The molecule has 0 spiro atoms. The number of nitrogens with zero attached hydrogens (tertiary/aromatic N) is 2. The van der Waals surface area contributed by atoms with E-state index in [-0.39, 0.29) is 0 Å². The van der Waals surface area contributed by atoms with Crippen LogP contribution in [0.5, 0.6) is 0 Å². The van der Waals surface area contributed by atoms with Crippen LogP contribution in [-0.2, 0) is 12.8 Å². The summed E-state index contributed by atoms with van der Waals surface area (Å²) in [4.78, 5) is 11.5. The van der Waals surface area contributed by atoms with Gasteiger partial charge in [-0.05, 0) is 43.4 Å². The Bertz CT molecular complexity index is 790. The van der Waals surface area contributed by atoms with Crippen molar-refractivity contribution in [3.63, 3.8) is 0 Å². The normalized spacial score (nSPS) is 14.2. The molecule has 0 atom stereocenters. The molecule has 0 aromatic carbocycles. The van der Waals surface area contributed by atoms with Gasteiger partial charge in [0.15, 0.2) is 11.6 Å². The number of fused-ring (bicyclic) bond motifs is 3. The first-order valence-corrected chi connectivity index (χ1v) is 7.46. The number of hydrogen-bond acceptors (Lipinski definition) is 4. The largest absolute Gasteiger partial charge is 0.461 e. The van der Waals surface area contributed by atoms with E-state index >= 15 is 0 Å². The molecule has 19 heavy (non-hydrogen) atoms. The summed E-state index contributed by atoms with van der Waals surface area (Å²) >= 11 is 8.11. The Morgan fingerprint density at radius 2 is 2.21 bits per heavy atom. The minimum absolute atomic E-state index is 0.551. The van der Waals surface area contributed by atoms with Crippen LogP contribution in [0.4, 0.5) is 0 Å². The Morgan fingerprint density at radius 3 is 3.00 bits per heavy atom. The summed E-state index contributed by atoms with van der Waals surface area (Å²) in [5.41, 5.74) is 2.38. The first-order chi connectivity index (χ1) is 9.24. The second-order valence-electron chi connectivity index (χ2n) is 4.81. The number of halogens is 1. The molecule has 0 bridgehead atoms. The van der Waals surface area contributed by atoms with Crippen molar-refractivity contribution in [1.29, 1.82) is 0 Å². The van der Waals surface area contributed by atoms with Gasteiger partial charge in [0.05, 0.1) is 11.6 Å². The number of aryl methyl sites for hydroxylation is 3. The molecule has 0 amide bonds. The van der Waals surface area contributed by atoms with Gasteiger partial charge in [0.1, 0.15) is 9.98 Å². The molecule has 3 heterocycles. The molecular formula is C14H11ClN2OS. The lowest BCUT2D eigenvalue weighted by Crippen LogP contribution is -1.91. The number of thiophene rings is 1. The molecule has 4 rings (SSSR count). The lowest BCUT2D eigenvalue weighted by molar-refractivity contribution is 0.576. The SMILES string of the molecule is Cc1ccoc1-c1nc(Cl)c2c3c(sc2n1)CCC3. The number of hydrogen-bond donors (Lipinski definition) is 0. The zero-order valence-electron chi connectivity index (χ0n) is 10.4. The van der Waals surface area contributed by atoms with Crippen LogP contribution < -0.4 is 0 Å². The molecule has 3 aromatic rings. The summed E-state index contributed by atoms with van der Waals surface area (Å²) in [6.07, 6.45) is 5.10. The average Bonchev–Trinajstić information content (AvgIpc) is 3.02. The van der Waals surface area contributed by atoms with Gasteiger partial charge >= 0.3 is 0 Å². The van der Waals surface area contributed by atoms with Crippen LogP contribution in [0, 0.1) is 6.92 Å². The predicted octanol–water partition coefficient (Wildman–Crippen LogP) is 4.40. The number of furan rings is 1. The van der Waals surface area contributed by atoms with Crippen LogP contribution in [0.1, 0.15) is 22.4 Å². The van der Waals surface area contributed by atoms with E-state index in [1.807, 2.05) is 13.0 Å². The molecule has 0 saturated heterocycles. The zero-order valence-corrected chi connectivity index (χ0v) is 11.9. The highest BCUT2D eigenvalue weighted by atomic mass is 35.5. The third-order valence-electron chi connectivity index (χ3n) is 3.59. The van der Waals surface area contributed by atoms with Gasteiger partial charge in [0, 0.05) is 4.88 Å². The van der Waals surface area contributed by atoms with Gasteiger partial charge < -0.3 is 4.42 Å². The third-order valence-corrected chi connectivity index (χ3v) is 5.04. The first kappa shape index (κ1) is 11.4. The fourth-order valence-electron chi connectivity index (χ4n) is 2.65. The summed E-state index contributed by atoms with van der Waals surface area (Å²) in [6.45, 7) is 1.98. The standard InChI is InChI=1S/C14H11ClN2OS/c1-7-5-6-18-11(7)13-16-12(15)10-8-3-2-4-9(8)19-14(10)17-13/h5-6H,2-4H2,1H3. The van der Waals surface area contributed by atoms with E-state index < -0.39 is 0 Å². The van der Waals surface area contributed by atoms with Crippen molar-refractivity contribution in [2.24, 2.45) is 0 Å². The predicted molar refractivity (Wildman–Crippen MR) is 76.9 cm³/mol. The fourth-order valence-corrected chi connectivity index (χ4v) is 4.26. The second-order valence-corrected chi connectivity index (χ2v) is 6.25. The minimum Gasteiger partial charge on any atom is -0.461 e. The van der Waals surface area contributed by atoms with E-state index in [4.69, 9.17) is 16.0 Å². The van der Waals surface area contributed by atoms with E-state index in [2.05, 4.69) is 9.97 Å². The first-order valence-electron chi connectivity index (χ1n) is 6.26. The van der Waals surface area contributed by atoms with Crippen molar-refractivity contribution in [2.45, 2.75) is 26.2 Å². The minimum atomic E-state index is 0.551. The van der Waals surface area contributed by atoms with Crippen LogP contribution >= 0.6 is 22.9 Å². The van der Waals surface area contributed by atoms with E-state index in [1.165, 1.54) is 16.9 Å². The van der Waals surface area contributed by atoms with Crippen molar-refractivity contribution >= 4 is 33.2 Å².